The van der Waals surface area contributed by atoms with E-state index in [1.165, 1.54) is 43.9 Å². The summed E-state index contributed by atoms with van der Waals surface area (Å²) in [4.78, 5) is 27.4. The van der Waals surface area contributed by atoms with Crippen LogP contribution in [0, 0.1) is 5.41 Å². The number of nitrogens with zero attached hydrogens (tertiary/aromatic N) is 3. The molecule has 2 fully saturated rings. The number of carboxylic acids is 2. The van der Waals surface area contributed by atoms with Crippen LogP contribution < -0.4 is 0 Å². The number of hydrogen-bond donors (Lipinski definition) is 2. The van der Waals surface area contributed by atoms with E-state index in [9.17, 15) is 26.3 Å². The number of carboxylic acid groups (broad SMARTS) is 2. The number of aromatic nitrogens is 1. The summed E-state index contributed by atoms with van der Waals surface area (Å²) in [5, 5.41) is 17.5. The minimum atomic E-state index is -5.08. The third-order valence-electron chi connectivity index (χ3n) is 5.92. The van der Waals surface area contributed by atoms with Gasteiger partial charge in [-0.1, -0.05) is 0 Å². The van der Waals surface area contributed by atoms with Crippen LogP contribution in [-0.2, 0) is 25.6 Å². The van der Waals surface area contributed by atoms with Gasteiger partial charge in [0.05, 0.1) is 19.8 Å². The molecule has 2 saturated heterocycles. The molecule has 2 aliphatic rings. The second-order valence-electron chi connectivity index (χ2n) is 8.58. The molecule has 37 heavy (non-hydrogen) atoms. The zero-order valence-electron chi connectivity index (χ0n) is 20.3. The molecule has 0 saturated carbocycles. The summed E-state index contributed by atoms with van der Waals surface area (Å²) in [6.07, 6.45) is -4.40. The van der Waals surface area contributed by atoms with E-state index in [1.807, 2.05) is 13.3 Å². The summed E-state index contributed by atoms with van der Waals surface area (Å²) in [6.45, 7) is 7.31. The van der Waals surface area contributed by atoms with Crippen molar-refractivity contribution in [2.45, 2.75) is 44.2 Å². The lowest BCUT2D eigenvalue weighted by Crippen LogP contribution is -2.42. The number of likely N-dealkylation sites (tertiary alicyclic amines) is 2. The Morgan fingerprint density at radius 3 is 2.03 bits per heavy atom. The van der Waals surface area contributed by atoms with Crippen molar-refractivity contribution in [3.8, 4) is 0 Å². The van der Waals surface area contributed by atoms with Gasteiger partial charge in [-0.15, -0.1) is 11.3 Å². The highest BCUT2D eigenvalue weighted by atomic mass is 32.1. The maximum absolute atomic E-state index is 10.6. The molecule has 9 nitrogen and oxygen atoms in total. The van der Waals surface area contributed by atoms with E-state index in [4.69, 9.17) is 29.3 Å². The highest BCUT2D eigenvalue weighted by molar-refractivity contribution is 7.09. The highest BCUT2D eigenvalue weighted by Crippen LogP contribution is 2.44. The highest BCUT2D eigenvalue weighted by Gasteiger charge is 2.45. The molecule has 1 spiro atoms. The third kappa shape index (κ3) is 11.9. The largest absolute Gasteiger partial charge is 0.490 e. The molecule has 3 heterocycles. The summed E-state index contributed by atoms with van der Waals surface area (Å²) < 4.78 is 74.2. The zero-order chi connectivity index (χ0) is 28.3. The molecule has 1 aromatic heterocycles. The van der Waals surface area contributed by atoms with E-state index in [0.29, 0.717) is 11.5 Å². The monoisotopic (exact) mass is 567 g/mol. The van der Waals surface area contributed by atoms with Crippen LogP contribution in [0.5, 0.6) is 0 Å². The Hall–Kier alpha value is -2.01. The molecule has 0 amide bonds. The second kappa shape index (κ2) is 14.8. The van der Waals surface area contributed by atoms with Gasteiger partial charge in [0.25, 0.3) is 0 Å². The smallest absolute Gasteiger partial charge is 0.475 e. The minimum Gasteiger partial charge on any atom is -0.475 e. The first-order valence-electron chi connectivity index (χ1n) is 11.1. The van der Waals surface area contributed by atoms with E-state index in [0.717, 1.165) is 26.3 Å². The van der Waals surface area contributed by atoms with E-state index < -0.39 is 24.3 Å². The fraction of sp³-hybridized carbons (Fsp3) is 0.762. The first kappa shape index (κ1) is 33.0. The van der Waals surface area contributed by atoms with Crippen LogP contribution in [0.15, 0.2) is 11.6 Å². The van der Waals surface area contributed by atoms with Crippen molar-refractivity contribution in [2.75, 3.05) is 53.6 Å². The summed E-state index contributed by atoms with van der Waals surface area (Å²) in [5.41, 5.74) is 0.476. The van der Waals surface area contributed by atoms with Crippen molar-refractivity contribution >= 4 is 23.3 Å². The summed E-state index contributed by atoms with van der Waals surface area (Å²) in [5.74, 6) is -5.51. The number of halogens is 6. The molecule has 1 atom stereocenters. The van der Waals surface area contributed by atoms with Gasteiger partial charge in [0, 0.05) is 44.9 Å². The third-order valence-corrected chi connectivity index (χ3v) is 6.68. The molecule has 1 unspecified atom stereocenters. The number of aliphatic carboxylic acids is 2. The van der Waals surface area contributed by atoms with Crippen molar-refractivity contribution in [1.29, 1.82) is 0 Å². The number of piperidine rings is 1. The Kier molecular flexibility index (Phi) is 13.2. The molecule has 0 radical (unpaired) electrons. The average Bonchev–Trinajstić information content (AvgIpc) is 3.42. The quantitative estimate of drug-likeness (QED) is 0.479. The molecular formula is C21H31F6N3O6S. The summed E-state index contributed by atoms with van der Waals surface area (Å²) in [6, 6.07) is 0.537. The molecule has 0 aliphatic carbocycles. The van der Waals surface area contributed by atoms with Crippen LogP contribution in [0.3, 0.4) is 0 Å². The van der Waals surface area contributed by atoms with Crippen LogP contribution >= 0.6 is 11.3 Å². The van der Waals surface area contributed by atoms with E-state index in [2.05, 4.69) is 20.2 Å². The van der Waals surface area contributed by atoms with Gasteiger partial charge in [-0.3, -0.25) is 4.90 Å². The van der Waals surface area contributed by atoms with Gasteiger partial charge in [0.1, 0.15) is 5.01 Å². The van der Waals surface area contributed by atoms with Gasteiger partial charge >= 0.3 is 24.3 Å². The first-order valence-corrected chi connectivity index (χ1v) is 11.9. The van der Waals surface area contributed by atoms with Gasteiger partial charge < -0.3 is 24.6 Å². The predicted octanol–water partition coefficient (Wildman–Crippen LogP) is 3.36. The Morgan fingerprint density at radius 2 is 1.62 bits per heavy atom. The Morgan fingerprint density at radius 1 is 1.08 bits per heavy atom. The fourth-order valence-electron chi connectivity index (χ4n) is 4.13. The molecule has 214 valence electrons. The number of carbonyl (C=O) groups is 2. The fourth-order valence-corrected chi connectivity index (χ4v) is 4.77. The van der Waals surface area contributed by atoms with E-state index >= 15 is 0 Å². The van der Waals surface area contributed by atoms with Crippen molar-refractivity contribution in [1.82, 2.24) is 14.8 Å². The second-order valence-corrected chi connectivity index (χ2v) is 9.56. The van der Waals surface area contributed by atoms with Crippen molar-refractivity contribution < 1.29 is 55.6 Å². The van der Waals surface area contributed by atoms with Gasteiger partial charge in [0.2, 0.25) is 0 Å². The Balaban J connectivity index is 0.000000404. The molecule has 0 bridgehead atoms. The van der Waals surface area contributed by atoms with Crippen LogP contribution in [0.1, 0.15) is 24.3 Å². The summed E-state index contributed by atoms with van der Waals surface area (Å²) in [7, 11) is 3.61. The van der Waals surface area contributed by atoms with E-state index in [1.54, 1.807) is 18.4 Å². The Labute approximate surface area is 214 Å². The van der Waals surface area contributed by atoms with Crippen molar-refractivity contribution in [3.05, 3.63) is 16.6 Å². The maximum atomic E-state index is 10.6. The van der Waals surface area contributed by atoms with Gasteiger partial charge in [-0.2, -0.15) is 26.3 Å². The zero-order valence-corrected chi connectivity index (χ0v) is 21.2. The minimum absolute atomic E-state index is 0.476. The van der Waals surface area contributed by atoms with Crippen LogP contribution in [0.2, 0.25) is 0 Å². The average molecular weight is 568 g/mol. The molecule has 3 rings (SSSR count). The number of ether oxygens (including phenoxy) is 2. The van der Waals surface area contributed by atoms with Crippen LogP contribution in [-0.4, -0.2) is 109 Å². The molecule has 0 aromatic carbocycles. The normalized spacial score (nSPS) is 20.1. The topological polar surface area (TPSA) is 112 Å². The molecule has 2 aliphatic heterocycles. The SMILES string of the molecule is COCCN1CCC2(CC1)CC(COC)N(Cc1nccs1)C2.O=C(O)C(F)(F)F.O=C(O)C(F)(F)F. The first-order chi connectivity index (χ1) is 17.1. The molecule has 16 heteroatoms. The number of alkyl halides is 6. The lowest BCUT2D eigenvalue weighted by atomic mass is 9.76. The molecule has 1 aromatic rings. The number of methoxy groups -OCH3 is 2. The lowest BCUT2D eigenvalue weighted by Gasteiger charge is -2.39. The van der Waals surface area contributed by atoms with Crippen molar-refractivity contribution in [2.24, 2.45) is 5.41 Å². The lowest BCUT2D eigenvalue weighted by molar-refractivity contribution is -0.193. The number of thiazole rings is 1. The maximum Gasteiger partial charge on any atom is 0.490 e. The van der Waals surface area contributed by atoms with E-state index in [-0.39, 0.29) is 0 Å². The van der Waals surface area contributed by atoms with Gasteiger partial charge in [-0.05, 0) is 37.8 Å². The molecule has 2 N–H and O–H groups in total. The number of hydrogen-bond acceptors (Lipinski definition) is 8. The van der Waals surface area contributed by atoms with Crippen LogP contribution in [0.4, 0.5) is 26.3 Å². The Bertz CT molecular complexity index is 793. The predicted molar refractivity (Wildman–Crippen MR) is 120 cm³/mol. The van der Waals surface area contributed by atoms with Gasteiger partial charge in [-0.25, -0.2) is 14.6 Å². The molecular weight excluding hydrogens is 536 g/mol. The van der Waals surface area contributed by atoms with Gasteiger partial charge in [0.15, 0.2) is 0 Å². The number of rotatable bonds is 7. The standard InChI is InChI=1S/C17H29N3O2S.2C2HF3O2/c1-21-9-8-19-6-3-17(4-7-19)11-15(13-22-2)20(14-17)12-16-18-5-10-23-16;2*3-2(4,5)1(6)7/h5,10,15H,3-4,6-9,11-14H2,1-2H3;2*(H,6,7). The van der Waals surface area contributed by atoms with Crippen LogP contribution in [0.25, 0.3) is 0 Å². The summed E-state index contributed by atoms with van der Waals surface area (Å²) >= 11 is 1.76. The van der Waals surface area contributed by atoms with Crippen molar-refractivity contribution in [3.63, 3.8) is 0 Å².